The Morgan fingerprint density at radius 3 is 3.00 bits per heavy atom. The van der Waals surface area contributed by atoms with E-state index in [1.807, 2.05) is 18.0 Å². The Balaban J connectivity index is 2.21. The Hall–Kier alpha value is -1.22. The van der Waals surface area contributed by atoms with Crippen LogP contribution in [0.1, 0.15) is 36.5 Å². The maximum absolute atomic E-state index is 12.6. The summed E-state index contributed by atoms with van der Waals surface area (Å²) in [5.74, 6) is 0.722. The number of amides is 1. The fourth-order valence-corrected chi connectivity index (χ4v) is 2.84. The minimum Gasteiger partial charge on any atom is -0.387 e. The van der Waals surface area contributed by atoms with Crippen molar-refractivity contribution in [1.29, 1.82) is 0 Å². The summed E-state index contributed by atoms with van der Waals surface area (Å²) in [5.41, 5.74) is 1.51. The molecule has 0 saturated carbocycles. The Bertz CT molecular complexity index is 461. The van der Waals surface area contributed by atoms with Crippen molar-refractivity contribution in [3.8, 4) is 0 Å². The van der Waals surface area contributed by atoms with Gasteiger partial charge in [0.1, 0.15) is 0 Å². The molecule has 19 heavy (non-hydrogen) atoms. The van der Waals surface area contributed by atoms with E-state index in [0.29, 0.717) is 16.5 Å². The number of carbonyl (C=O) groups is 1. The number of benzene rings is 1. The first-order valence-corrected chi connectivity index (χ1v) is 7.30. The summed E-state index contributed by atoms with van der Waals surface area (Å²) in [4.78, 5) is 14.6. The number of rotatable bonds is 3. The lowest BCUT2D eigenvalue weighted by atomic mass is 9.95. The third-order valence-corrected chi connectivity index (χ3v) is 4.10. The van der Waals surface area contributed by atoms with Crippen LogP contribution in [0.4, 0.5) is 5.69 Å². The van der Waals surface area contributed by atoms with E-state index in [9.17, 15) is 4.79 Å². The molecule has 2 rings (SSSR count). The fraction of sp³-hybridized carbons (Fsp3) is 0.533. The van der Waals surface area contributed by atoms with Crippen molar-refractivity contribution in [3.63, 3.8) is 0 Å². The number of carbonyl (C=O) groups excluding carboxylic acids is 1. The van der Waals surface area contributed by atoms with Gasteiger partial charge in [0.05, 0.1) is 5.56 Å². The van der Waals surface area contributed by atoms with E-state index in [2.05, 4.69) is 12.2 Å². The van der Waals surface area contributed by atoms with Crippen LogP contribution in [0.2, 0.25) is 5.02 Å². The summed E-state index contributed by atoms with van der Waals surface area (Å²) in [6.07, 6.45) is 3.46. The lowest BCUT2D eigenvalue weighted by molar-refractivity contribution is 0.0672. The normalized spacial score (nSPS) is 19.3. The van der Waals surface area contributed by atoms with Gasteiger partial charge in [-0.3, -0.25) is 4.79 Å². The van der Waals surface area contributed by atoms with E-state index in [-0.39, 0.29) is 5.91 Å². The van der Waals surface area contributed by atoms with Crippen LogP contribution in [0.15, 0.2) is 18.2 Å². The van der Waals surface area contributed by atoms with Crippen LogP contribution in [0.3, 0.4) is 0 Å². The van der Waals surface area contributed by atoms with Gasteiger partial charge in [0.25, 0.3) is 5.91 Å². The molecule has 0 radical (unpaired) electrons. The second kappa shape index (κ2) is 6.29. The molecule has 1 fully saturated rings. The molecule has 1 atom stereocenters. The molecular weight excluding hydrogens is 260 g/mol. The summed E-state index contributed by atoms with van der Waals surface area (Å²) in [6.45, 7) is 3.91. The molecule has 0 aliphatic carbocycles. The van der Waals surface area contributed by atoms with Crippen LogP contribution >= 0.6 is 11.6 Å². The average Bonchev–Trinajstić information content (AvgIpc) is 2.46. The van der Waals surface area contributed by atoms with Crippen LogP contribution in [0.5, 0.6) is 0 Å². The first-order valence-electron chi connectivity index (χ1n) is 6.92. The van der Waals surface area contributed by atoms with Crippen LogP contribution in [-0.4, -0.2) is 30.9 Å². The number of piperidine rings is 1. The zero-order valence-electron chi connectivity index (χ0n) is 11.6. The zero-order chi connectivity index (χ0) is 13.8. The number of hydrogen-bond acceptors (Lipinski definition) is 2. The van der Waals surface area contributed by atoms with Crippen LogP contribution in [0, 0.1) is 5.92 Å². The van der Waals surface area contributed by atoms with Gasteiger partial charge in [-0.25, -0.2) is 0 Å². The molecule has 1 aromatic rings. The Labute approximate surface area is 119 Å². The lowest BCUT2D eigenvalue weighted by Gasteiger charge is -2.32. The summed E-state index contributed by atoms with van der Waals surface area (Å²) < 4.78 is 0. The topological polar surface area (TPSA) is 32.3 Å². The third-order valence-electron chi connectivity index (χ3n) is 3.86. The third kappa shape index (κ3) is 3.21. The van der Waals surface area contributed by atoms with Crippen LogP contribution in [0.25, 0.3) is 0 Å². The predicted molar refractivity (Wildman–Crippen MR) is 79.9 cm³/mol. The number of nitrogens with zero attached hydrogens (tertiary/aromatic N) is 1. The Kier molecular flexibility index (Phi) is 4.70. The second-order valence-electron chi connectivity index (χ2n) is 5.11. The van der Waals surface area contributed by atoms with Crippen molar-refractivity contribution in [2.24, 2.45) is 5.92 Å². The van der Waals surface area contributed by atoms with E-state index >= 15 is 0 Å². The molecule has 3 nitrogen and oxygen atoms in total. The van der Waals surface area contributed by atoms with E-state index in [0.717, 1.165) is 31.6 Å². The van der Waals surface area contributed by atoms with Crippen LogP contribution in [-0.2, 0) is 0 Å². The van der Waals surface area contributed by atoms with Gasteiger partial charge in [-0.05, 0) is 37.0 Å². The molecule has 1 aliphatic rings. The molecule has 1 saturated heterocycles. The van der Waals surface area contributed by atoms with Crippen LogP contribution < -0.4 is 5.32 Å². The van der Waals surface area contributed by atoms with Gasteiger partial charge in [0.15, 0.2) is 0 Å². The highest BCUT2D eigenvalue weighted by molar-refractivity contribution is 6.31. The number of hydrogen-bond donors (Lipinski definition) is 1. The van der Waals surface area contributed by atoms with Gasteiger partial charge in [0.2, 0.25) is 0 Å². The summed E-state index contributed by atoms with van der Waals surface area (Å²) in [7, 11) is 1.82. The first kappa shape index (κ1) is 14.2. The summed E-state index contributed by atoms with van der Waals surface area (Å²) >= 11 is 6.01. The Morgan fingerprint density at radius 2 is 2.32 bits per heavy atom. The molecule has 104 valence electrons. The monoisotopic (exact) mass is 280 g/mol. The van der Waals surface area contributed by atoms with Crippen molar-refractivity contribution in [1.82, 2.24) is 4.90 Å². The van der Waals surface area contributed by atoms with E-state index in [4.69, 9.17) is 11.6 Å². The number of anilines is 1. The van der Waals surface area contributed by atoms with Crippen molar-refractivity contribution >= 4 is 23.2 Å². The van der Waals surface area contributed by atoms with E-state index in [1.165, 1.54) is 6.42 Å². The van der Waals surface area contributed by atoms with E-state index < -0.39 is 0 Å². The highest BCUT2D eigenvalue weighted by Crippen LogP contribution is 2.25. The maximum Gasteiger partial charge on any atom is 0.256 e. The van der Waals surface area contributed by atoms with Gasteiger partial charge in [-0.2, -0.15) is 0 Å². The van der Waals surface area contributed by atoms with Gasteiger partial charge in [0, 0.05) is 30.8 Å². The fourth-order valence-electron chi connectivity index (χ4n) is 2.66. The smallest absolute Gasteiger partial charge is 0.256 e. The molecule has 1 aliphatic heterocycles. The van der Waals surface area contributed by atoms with E-state index in [1.54, 1.807) is 12.1 Å². The summed E-state index contributed by atoms with van der Waals surface area (Å²) in [5, 5.41) is 3.66. The predicted octanol–water partition coefficient (Wildman–Crippen LogP) is 3.64. The largest absolute Gasteiger partial charge is 0.387 e. The van der Waals surface area contributed by atoms with Crippen molar-refractivity contribution < 1.29 is 4.79 Å². The van der Waals surface area contributed by atoms with Gasteiger partial charge in [-0.15, -0.1) is 0 Å². The molecule has 0 aromatic heterocycles. The summed E-state index contributed by atoms with van der Waals surface area (Å²) in [6, 6.07) is 5.41. The number of likely N-dealkylation sites (tertiary alicyclic amines) is 1. The van der Waals surface area contributed by atoms with Gasteiger partial charge in [-0.1, -0.05) is 24.9 Å². The highest BCUT2D eigenvalue weighted by Gasteiger charge is 2.24. The molecule has 1 heterocycles. The molecule has 1 N–H and O–H groups in total. The first-order chi connectivity index (χ1) is 9.15. The number of nitrogens with one attached hydrogen (secondary N) is 1. The minimum absolute atomic E-state index is 0.0880. The highest BCUT2D eigenvalue weighted by atomic mass is 35.5. The van der Waals surface area contributed by atoms with Gasteiger partial charge < -0.3 is 10.2 Å². The molecular formula is C15H21ClN2O. The van der Waals surface area contributed by atoms with Crippen molar-refractivity contribution in [3.05, 3.63) is 28.8 Å². The molecule has 1 unspecified atom stereocenters. The maximum atomic E-state index is 12.6. The minimum atomic E-state index is 0.0880. The quantitative estimate of drug-likeness (QED) is 0.917. The Morgan fingerprint density at radius 1 is 1.53 bits per heavy atom. The van der Waals surface area contributed by atoms with Gasteiger partial charge >= 0.3 is 0 Å². The zero-order valence-corrected chi connectivity index (χ0v) is 12.3. The molecule has 4 heteroatoms. The van der Waals surface area contributed by atoms with Crippen molar-refractivity contribution in [2.75, 3.05) is 25.5 Å². The standard InChI is InChI=1S/C15H21ClN2O/c1-3-11-5-4-8-18(10-11)15(19)13-9-12(16)6-7-14(13)17-2/h6-7,9,11,17H,3-5,8,10H2,1-2H3. The molecule has 0 bridgehead atoms. The SMILES string of the molecule is CCC1CCCN(C(=O)c2cc(Cl)ccc2NC)C1. The average molecular weight is 281 g/mol. The molecule has 1 amide bonds. The van der Waals surface area contributed by atoms with Crippen molar-refractivity contribution in [2.45, 2.75) is 26.2 Å². The second-order valence-corrected chi connectivity index (χ2v) is 5.54. The molecule has 1 aromatic carbocycles. The molecule has 0 spiro atoms. The number of halogens is 1. The lowest BCUT2D eigenvalue weighted by Crippen LogP contribution is -2.40.